The van der Waals surface area contributed by atoms with Crippen LogP contribution in [0.5, 0.6) is 0 Å². The van der Waals surface area contributed by atoms with Gasteiger partial charge in [-0.2, -0.15) is 0 Å². The Labute approximate surface area is 327 Å². The maximum absolute atomic E-state index is 12.9. The van der Waals surface area contributed by atoms with Gasteiger partial charge in [-0.05, 0) is 122 Å². The number of rotatable bonds is 6. The average Bonchev–Trinajstić information content (AvgIpc) is 4.00. The molecule has 300 valence electrons. The van der Waals surface area contributed by atoms with Crippen molar-refractivity contribution in [1.29, 1.82) is 0 Å². The zero-order valence-corrected chi connectivity index (χ0v) is 33.0. The lowest BCUT2D eigenvalue weighted by Gasteiger charge is -2.17. The summed E-state index contributed by atoms with van der Waals surface area (Å²) in [5.74, 6) is 0.193. The predicted molar refractivity (Wildman–Crippen MR) is 219 cm³/mol. The lowest BCUT2D eigenvalue weighted by atomic mass is 9.99. The third-order valence-electron chi connectivity index (χ3n) is 10.8. The van der Waals surface area contributed by atoms with Crippen molar-refractivity contribution in [2.45, 2.75) is 89.9 Å². The largest absolute Gasteiger partial charge is 0.477 e. The van der Waals surface area contributed by atoms with Gasteiger partial charge in [0.2, 0.25) is 11.8 Å². The van der Waals surface area contributed by atoms with Gasteiger partial charge in [0.25, 0.3) is 0 Å². The van der Waals surface area contributed by atoms with E-state index < -0.39 is 31.9 Å². The molecular weight excluding hydrogens is 757 g/mol. The number of carbonyl (C=O) groups is 2. The fourth-order valence-corrected chi connectivity index (χ4v) is 10.3. The molecule has 18 heteroatoms. The number of aliphatic imine (C=N–C) groups is 2. The molecule has 16 nitrogen and oxygen atoms in total. The molecule has 4 aliphatic carbocycles. The minimum Gasteiger partial charge on any atom is -0.477 e. The molecule has 10 N–H and O–H groups in total. The highest BCUT2D eigenvalue weighted by atomic mass is 32.2. The second-order valence-corrected chi connectivity index (χ2v) is 18.0. The lowest BCUT2D eigenvalue weighted by Crippen LogP contribution is -2.28. The first kappa shape index (κ1) is 39.5. The summed E-state index contributed by atoms with van der Waals surface area (Å²) in [4.78, 5) is 33.5. The highest BCUT2D eigenvalue weighted by Gasteiger charge is 2.29. The minimum absolute atomic E-state index is 0.0501. The van der Waals surface area contributed by atoms with Gasteiger partial charge < -0.3 is 31.6 Å². The lowest BCUT2D eigenvalue weighted by molar-refractivity contribution is 0.259. The maximum Gasteiger partial charge on any atom is 0.354 e. The van der Waals surface area contributed by atoms with Gasteiger partial charge in [-0.15, -0.1) is 8.73 Å². The van der Waals surface area contributed by atoms with Crippen molar-refractivity contribution < 1.29 is 27.5 Å². The summed E-state index contributed by atoms with van der Waals surface area (Å²) in [6.07, 6.45) is 15.7. The summed E-state index contributed by atoms with van der Waals surface area (Å²) in [6.45, 7) is 1.91. The molecule has 0 fully saturated rings. The number of ether oxygens (including phenoxy) is 2. The molecule has 2 aromatic carbocycles. The van der Waals surface area contributed by atoms with Crippen LogP contribution in [-0.4, -0.2) is 58.6 Å². The highest BCUT2D eigenvalue weighted by Crippen LogP contribution is 2.40. The van der Waals surface area contributed by atoms with E-state index in [1.807, 2.05) is 0 Å². The van der Waals surface area contributed by atoms with E-state index in [0.29, 0.717) is 26.3 Å². The fraction of sp³-hybridized carbons (Fsp3) is 0.474. The van der Waals surface area contributed by atoms with Gasteiger partial charge in [0.05, 0.1) is 13.2 Å². The van der Waals surface area contributed by atoms with Crippen LogP contribution in [0.15, 0.2) is 53.1 Å². The minimum atomic E-state index is -3.58. The van der Waals surface area contributed by atoms with Crippen molar-refractivity contribution in [2.24, 2.45) is 40.5 Å². The first-order chi connectivity index (χ1) is 27.0. The van der Waals surface area contributed by atoms with Gasteiger partial charge in [-0.3, -0.25) is 9.98 Å². The number of nitrogens with zero attached hydrogens (tertiary/aromatic N) is 4. The van der Waals surface area contributed by atoms with Crippen molar-refractivity contribution in [3.8, 4) is 0 Å². The van der Waals surface area contributed by atoms with Crippen LogP contribution in [0, 0.1) is 0 Å². The number of fused-ring (bicyclic) bond motifs is 4. The van der Waals surface area contributed by atoms with E-state index in [0.717, 1.165) is 114 Å². The number of benzene rings is 2. The van der Waals surface area contributed by atoms with Crippen molar-refractivity contribution in [3.05, 3.63) is 78.9 Å². The number of hydrogen-bond donors (Lipinski definition) is 6. The first-order valence-electron chi connectivity index (χ1n) is 19.2. The molecule has 2 atom stereocenters. The Balaban J connectivity index is 0.000000172. The summed E-state index contributed by atoms with van der Waals surface area (Å²) >= 11 is 0. The number of nitrogens with two attached hydrogens (primary N) is 4. The van der Waals surface area contributed by atoms with E-state index in [4.69, 9.17) is 31.2 Å². The van der Waals surface area contributed by atoms with Crippen LogP contribution in [0.1, 0.15) is 83.0 Å². The fourth-order valence-electron chi connectivity index (χ4n) is 8.34. The molecule has 4 amide bonds. The number of anilines is 2. The van der Waals surface area contributed by atoms with Crippen LogP contribution in [0.25, 0.3) is 0 Å². The number of carbonyl (C=O) groups excluding carboxylic acids is 2. The standard InChI is InChI=1S/2C19H25N5O3S/c2*20-11-16(18-22-8-3-9-27-18)28(21,26)24-19(25)23-17-14-6-1-4-12(14)10-13-5-2-7-15(13)17/h2*10-11H,1-9,20H2,(H3,21,23,24,25,26). The quantitative estimate of drug-likeness (QED) is 0.244. The van der Waals surface area contributed by atoms with E-state index in [-0.39, 0.29) is 21.6 Å². The zero-order chi connectivity index (χ0) is 39.5. The van der Waals surface area contributed by atoms with Gasteiger partial charge in [0.15, 0.2) is 19.8 Å². The Hall–Kier alpha value is -4.78. The van der Waals surface area contributed by atoms with Crippen LogP contribution in [0.4, 0.5) is 21.0 Å². The molecule has 0 radical (unpaired) electrons. The van der Waals surface area contributed by atoms with E-state index >= 15 is 0 Å². The van der Waals surface area contributed by atoms with Crippen molar-refractivity contribution in [1.82, 2.24) is 0 Å². The molecule has 56 heavy (non-hydrogen) atoms. The first-order valence-corrected chi connectivity index (χ1v) is 22.4. The van der Waals surface area contributed by atoms with Gasteiger partial charge in [0, 0.05) is 49.7 Å². The molecule has 2 heterocycles. The van der Waals surface area contributed by atoms with Crippen molar-refractivity contribution in [2.75, 3.05) is 36.9 Å². The van der Waals surface area contributed by atoms with Gasteiger partial charge >= 0.3 is 12.1 Å². The second kappa shape index (κ2) is 16.8. The van der Waals surface area contributed by atoms with Crippen LogP contribution >= 0.6 is 0 Å². The summed E-state index contributed by atoms with van der Waals surface area (Å²) in [6, 6.07) is 3.07. The number of aryl methyl sites for hydroxylation is 4. The SMILES string of the molecule is NC=C(C1=NCCCO1)S(N)(=O)=NC(=O)Nc1c2c(cc3c1CCC3)CCC2.NC=C(C1=NCCCO1)S(N)(=O)=NC(=O)Nc1c2c(cc3c1CCC3)CCC2. The zero-order valence-electron chi connectivity index (χ0n) is 31.4. The van der Waals surface area contributed by atoms with E-state index in [1.165, 1.54) is 44.5 Å². The van der Waals surface area contributed by atoms with Gasteiger partial charge in [-0.25, -0.2) is 28.3 Å². The van der Waals surface area contributed by atoms with Crippen LogP contribution in [-0.2, 0) is 80.7 Å². The monoisotopic (exact) mass is 806 g/mol. The van der Waals surface area contributed by atoms with Gasteiger partial charge in [-0.1, -0.05) is 12.1 Å². The third-order valence-corrected chi connectivity index (χ3v) is 13.6. The number of urea groups is 2. The molecule has 6 aliphatic rings. The molecular formula is C38H50N10O6S2. The molecule has 0 spiro atoms. The number of hydrogen-bond acceptors (Lipinski definition) is 10. The Morgan fingerprint density at radius 1 is 0.589 bits per heavy atom. The third kappa shape index (κ3) is 8.33. The maximum atomic E-state index is 12.9. The summed E-state index contributed by atoms with van der Waals surface area (Å²) < 4.78 is 44.1. The Morgan fingerprint density at radius 3 is 1.21 bits per heavy atom. The van der Waals surface area contributed by atoms with E-state index in [2.05, 4.69) is 41.5 Å². The predicted octanol–water partition coefficient (Wildman–Crippen LogP) is 4.31. The average molecular weight is 807 g/mol. The Kier molecular flexibility index (Phi) is 11.8. The highest BCUT2D eigenvalue weighted by molar-refractivity contribution is 7.96. The molecule has 0 aromatic heterocycles. The van der Waals surface area contributed by atoms with E-state index in [1.54, 1.807) is 0 Å². The summed E-state index contributed by atoms with van der Waals surface area (Å²) in [5, 5.41) is 17.5. The molecule has 2 aliphatic heterocycles. The van der Waals surface area contributed by atoms with Crippen molar-refractivity contribution in [3.63, 3.8) is 0 Å². The molecule has 0 saturated heterocycles. The molecule has 0 bridgehead atoms. The smallest absolute Gasteiger partial charge is 0.354 e. The normalized spacial score (nSPS) is 20.5. The number of amides is 4. The van der Waals surface area contributed by atoms with Gasteiger partial charge in [0.1, 0.15) is 9.81 Å². The summed E-state index contributed by atoms with van der Waals surface area (Å²) in [5.41, 5.74) is 22.7. The molecule has 0 saturated carbocycles. The Morgan fingerprint density at radius 2 is 0.929 bits per heavy atom. The Bertz CT molecular complexity index is 2110. The van der Waals surface area contributed by atoms with Crippen molar-refractivity contribution >= 4 is 55.1 Å². The van der Waals surface area contributed by atoms with Crippen LogP contribution < -0.4 is 32.4 Å². The topological polar surface area (TPSA) is 264 Å². The van der Waals surface area contributed by atoms with Crippen LogP contribution in [0.3, 0.4) is 0 Å². The molecule has 8 rings (SSSR count). The van der Waals surface area contributed by atoms with E-state index in [9.17, 15) is 18.0 Å². The summed E-state index contributed by atoms with van der Waals surface area (Å²) in [7, 11) is -7.15. The molecule has 2 aromatic rings. The van der Waals surface area contributed by atoms with Crippen LogP contribution in [0.2, 0.25) is 0 Å². The second-order valence-electron chi connectivity index (χ2n) is 14.5. The number of nitrogens with one attached hydrogen (secondary N) is 2. The molecule has 2 unspecified atom stereocenters.